The van der Waals surface area contributed by atoms with Gasteiger partial charge in [-0.2, -0.15) is 0 Å². The zero-order chi connectivity index (χ0) is 71.5. The van der Waals surface area contributed by atoms with Crippen LogP contribution in [-0.4, -0.2) is 37.4 Å². The molecule has 1 aromatic rings. The third-order valence-corrected chi connectivity index (χ3v) is 22.7. The first-order chi connectivity index (χ1) is 48.8. The molecule has 0 saturated carbocycles. The highest BCUT2D eigenvalue weighted by atomic mass is 16.2. The van der Waals surface area contributed by atoms with E-state index in [2.05, 4.69) is 57.5 Å². The van der Waals surface area contributed by atoms with Gasteiger partial charge in [0.15, 0.2) is 0 Å². The third-order valence-electron chi connectivity index (χ3n) is 22.7. The van der Waals surface area contributed by atoms with Gasteiger partial charge in [0.2, 0.25) is 0 Å². The maximum Gasteiger partial charge on any atom is 0.251 e. The lowest BCUT2D eigenvalue weighted by Crippen LogP contribution is -2.29. The molecule has 1 aromatic carbocycles. The number of hydrogen-bond donors (Lipinski definition) is 3. The first kappa shape index (κ1) is 94.6. The van der Waals surface area contributed by atoms with E-state index >= 15 is 0 Å². The molecule has 0 bridgehead atoms. The van der Waals surface area contributed by atoms with Crippen LogP contribution in [-0.2, 0) is 0 Å². The molecule has 0 aliphatic carbocycles. The quantitative estimate of drug-likeness (QED) is 0.0568. The van der Waals surface area contributed by atoms with Gasteiger partial charge in [0.05, 0.1) is 0 Å². The van der Waals surface area contributed by atoms with Crippen LogP contribution in [0.1, 0.15) is 535 Å². The van der Waals surface area contributed by atoms with Gasteiger partial charge in [0.1, 0.15) is 0 Å². The Hall–Kier alpha value is -2.37. The Bertz CT molecular complexity index is 1540. The molecule has 3 amide bonds. The van der Waals surface area contributed by atoms with Crippen LogP contribution in [0.2, 0.25) is 0 Å². The van der Waals surface area contributed by atoms with Crippen LogP contribution in [0.15, 0.2) is 18.2 Å². The van der Waals surface area contributed by atoms with Crippen LogP contribution >= 0.6 is 0 Å². The minimum absolute atomic E-state index is 0.178. The highest BCUT2D eigenvalue weighted by molar-refractivity contribution is 6.04. The van der Waals surface area contributed by atoms with E-state index in [1.165, 1.54) is 424 Å². The van der Waals surface area contributed by atoms with Gasteiger partial charge in [0, 0.05) is 36.3 Å². The maximum absolute atomic E-state index is 14.3. The molecule has 99 heavy (non-hydrogen) atoms. The lowest BCUT2D eigenvalue weighted by Gasteiger charge is -2.18. The molecule has 582 valence electrons. The highest BCUT2D eigenvalue weighted by Gasteiger charge is 2.19. The van der Waals surface area contributed by atoms with Gasteiger partial charge in [-0.05, 0) is 74.5 Å². The van der Waals surface area contributed by atoms with Crippen molar-refractivity contribution in [3.05, 3.63) is 34.9 Å². The van der Waals surface area contributed by atoms with Gasteiger partial charge >= 0.3 is 0 Å². The fourth-order valence-corrected chi connectivity index (χ4v) is 15.9. The van der Waals surface area contributed by atoms with Crippen molar-refractivity contribution in [3.8, 4) is 0 Å². The molecule has 0 unspecified atom stereocenters. The summed E-state index contributed by atoms with van der Waals surface area (Å²) in [6, 6.07) is 5.27. The standard InChI is InChI=1S/C93H177N3O3/c1-7-13-19-25-31-37-43-49-55-61-70-85(71-62-56-50-44-38-32-26-20-14-8-2)76-67-79-94-91(97)88-82-89(92(98)95-80-68-77-86(72-63-57-51-45-39-33-27-21-15-9-3)73-64-58-52-46-40-34-28-22-16-10-4)84-90(83-88)93(99)96-81-69-78-87(74-65-59-53-47-41-35-29-23-17-11-5)75-66-60-54-48-42-36-30-24-18-12-6/h82-87H,7-81H2,1-6H3,(H,94,97)(H,95,98)(H,96,99). The SMILES string of the molecule is CCCCCCCCCCCCC(CCCCCCCCCCCC)CCCNC(=O)c1cc(C(=O)NCCCC(CCCCCCCCCCCC)CCCCCCCCCCCC)cc(C(=O)NCCCC(CCCCCCCCCCCC)CCCCCCCCCCCC)c1. The number of benzene rings is 1. The largest absolute Gasteiger partial charge is 0.352 e. The van der Waals surface area contributed by atoms with E-state index in [9.17, 15) is 14.4 Å². The molecule has 3 N–H and O–H groups in total. The Morgan fingerprint density at radius 1 is 0.192 bits per heavy atom. The fourth-order valence-electron chi connectivity index (χ4n) is 15.9. The molecule has 6 heteroatoms. The van der Waals surface area contributed by atoms with Crippen molar-refractivity contribution in [1.82, 2.24) is 16.0 Å². The minimum Gasteiger partial charge on any atom is -0.352 e. The molecular weight excluding hydrogens is 1210 g/mol. The monoisotopic (exact) mass is 1380 g/mol. The van der Waals surface area contributed by atoms with Crippen LogP contribution in [0.25, 0.3) is 0 Å². The van der Waals surface area contributed by atoms with Crippen LogP contribution in [0.3, 0.4) is 0 Å². The second-order valence-electron chi connectivity index (χ2n) is 32.4. The minimum atomic E-state index is -0.178. The number of amides is 3. The molecule has 0 heterocycles. The van der Waals surface area contributed by atoms with E-state index in [1.807, 2.05) is 0 Å². The molecule has 0 atom stereocenters. The van der Waals surface area contributed by atoms with Gasteiger partial charge in [-0.3, -0.25) is 14.4 Å². The number of rotatable bonds is 81. The van der Waals surface area contributed by atoms with Crippen LogP contribution in [0, 0.1) is 17.8 Å². The number of carbonyl (C=O) groups is 3. The smallest absolute Gasteiger partial charge is 0.251 e. The number of carbonyl (C=O) groups excluding carboxylic acids is 3. The van der Waals surface area contributed by atoms with Crippen LogP contribution < -0.4 is 16.0 Å². The number of nitrogens with one attached hydrogen (secondary N) is 3. The van der Waals surface area contributed by atoms with Gasteiger partial charge in [0.25, 0.3) is 17.7 Å². The average Bonchev–Trinajstić information content (AvgIpc) is 0.838. The van der Waals surface area contributed by atoms with Crippen molar-refractivity contribution in [2.75, 3.05) is 19.6 Å². The predicted octanol–water partition coefficient (Wildman–Crippen LogP) is 30.9. The summed E-state index contributed by atoms with van der Waals surface area (Å²) in [7, 11) is 0. The van der Waals surface area contributed by atoms with Crippen molar-refractivity contribution in [2.24, 2.45) is 17.8 Å². The van der Waals surface area contributed by atoms with Gasteiger partial charge in [-0.25, -0.2) is 0 Å². The maximum atomic E-state index is 14.3. The zero-order valence-electron chi connectivity index (χ0n) is 68.2. The summed E-state index contributed by atoms with van der Waals surface area (Å²) >= 11 is 0. The fraction of sp³-hybridized carbons (Fsp3) is 0.903. The van der Waals surface area contributed by atoms with Crippen molar-refractivity contribution in [1.29, 1.82) is 0 Å². The van der Waals surface area contributed by atoms with E-state index in [-0.39, 0.29) is 17.7 Å². The molecule has 0 aliphatic heterocycles. The summed E-state index contributed by atoms with van der Waals surface area (Å²) in [4.78, 5) is 42.9. The van der Waals surface area contributed by atoms with Gasteiger partial charge in [-0.15, -0.1) is 0 Å². The van der Waals surface area contributed by atoms with Crippen LogP contribution in [0.5, 0.6) is 0 Å². The highest BCUT2D eigenvalue weighted by Crippen LogP contribution is 2.28. The van der Waals surface area contributed by atoms with Crippen molar-refractivity contribution >= 4 is 17.7 Å². The van der Waals surface area contributed by atoms with Crippen molar-refractivity contribution in [3.63, 3.8) is 0 Å². The molecule has 0 spiro atoms. The van der Waals surface area contributed by atoms with Crippen LogP contribution in [0.4, 0.5) is 0 Å². The lowest BCUT2D eigenvalue weighted by molar-refractivity contribution is 0.0951. The van der Waals surface area contributed by atoms with Gasteiger partial charge in [-0.1, -0.05) is 465 Å². The Balaban J connectivity index is 3.19. The van der Waals surface area contributed by atoms with Crippen molar-refractivity contribution < 1.29 is 14.4 Å². The Kier molecular flexibility index (Phi) is 73.4. The summed E-state index contributed by atoms with van der Waals surface area (Å²) < 4.78 is 0. The summed E-state index contributed by atoms with van der Waals surface area (Å²) in [6.07, 6.45) is 96.4. The Morgan fingerprint density at radius 2 is 0.313 bits per heavy atom. The third kappa shape index (κ3) is 63.8. The average molecular weight is 1390 g/mol. The lowest BCUT2D eigenvalue weighted by atomic mass is 9.90. The molecule has 0 radical (unpaired) electrons. The Morgan fingerprint density at radius 3 is 0.455 bits per heavy atom. The van der Waals surface area contributed by atoms with E-state index in [1.54, 1.807) is 18.2 Å². The molecule has 0 aliphatic rings. The normalized spacial score (nSPS) is 11.7. The van der Waals surface area contributed by atoms with E-state index in [4.69, 9.17) is 0 Å². The number of unbranched alkanes of at least 4 members (excludes halogenated alkanes) is 54. The summed E-state index contributed by atoms with van der Waals surface area (Å²) in [5.74, 6) is 1.58. The number of hydrogen-bond acceptors (Lipinski definition) is 3. The second-order valence-corrected chi connectivity index (χ2v) is 32.4. The van der Waals surface area contributed by atoms with Gasteiger partial charge < -0.3 is 16.0 Å². The van der Waals surface area contributed by atoms with Crippen molar-refractivity contribution in [2.45, 2.75) is 504 Å². The van der Waals surface area contributed by atoms with E-state index in [0.717, 1.165) is 38.5 Å². The molecule has 0 saturated heterocycles. The summed E-state index contributed by atoms with van der Waals surface area (Å²) in [5, 5.41) is 9.87. The second kappa shape index (κ2) is 76.7. The molecular formula is C93H177N3O3. The zero-order valence-corrected chi connectivity index (χ0v) is 68.2. The van der Waals surface area contributed by atoms with E-state index in [0.29, 0.717) is 54.1 Å². The first-order valence-corrected chi connectivity index (χ1v) is 45.8. The predicted molar refractivity (Wildman–Crippen MR) is 440 cm³/mol. The summed E-state index contributed by atoms with van der Waals surface area (Å²) in [6.45, 7) is 15.7. The topological polar surface area (TPSA) is 87.3 Å². The molecule has 0 fully saturated rings. The first-order valence-electron chi connectivity index (χ1n) is 45.8. The van der Waals surface area contributed by atoms with E-state index < -0.39 is 0 Å². The summed E-state index contributed by atoms with van der Waals surface area (Å²) in [5.41, 5.74) is 1.25. The molecule has 0 aromatic heterocycles. The molecule has 6 nitrogen and oxygen atoms in total. The molecule has 1 rings (SSSR count). The Labute approximate surface area is 620 Å².